The molecule has 1 saturated carbocycles. The molecule has 0 spiro atoms. The van der Waals surface area contributed by atoms with Gasteiger partial charge in [-0.3, -0.25) is 0 Å². The Morgan fingerprint density at radius 2 is 2.21 bits per heavy atom. The topological polar surface area (TPSA) is 67.2 Å². The average molecular weight is 195 g/mol. The van der Waals surface area contributed by atoms with Gasteiger partial charge in [-0.05, 0) is 17.8 Å². The lowest BCUT2D eigenvalue weighted by Crippen LogP contribution is -2.51. The molecule has 4 nitrogen and oxygen atoms in total. The van der Waals surface area contributed by atoms with Gasteiger partial charge in [0.25, 0.3) is 0 Å². The molecule has 14 heavy (non-hydrogen) atoms. The molecule has 2 amide bonds. The van der Waals surface area contributed by atoms with Crippen LogP contribution in [0.5, 0.6) is 0 Å². The summed E-state index contributed by atoms with van der Waals surface area (Å²) in [4.78, 5) is 11.2. The third kappa shape index (κ3) is 1.07. The number of hydrogen-bond acceptors (Lipinski definition) is 2. The number of carbonyl (C=O) groups is 1. The highest BCUT2D eigenvalue weighted by Crippen LogP contribution is 2.58. The molecule has 1 heterocycles. The van der Waals surface area contributed by atoms with Gasteiger partial charge in [0, 0.05) is 12.2 Å². The van der Waals surface area contributed by atoms with Crippen molar-refractivity contribution in [3.8, 4) is 0 Å². The molecular formula is C10H17N3O. The number of urea groups is 1. The Morgan fingerprint density at radius 3 is 2.50 bits per heavy atom. The average Bonchev–Trinajstić information content (AvgIpc) is 2.60. The monoisotopic (exact) mass is 195 g/mol. The van der Waals surface area contributed by atoms with E-state index >= 15 is 0 Å². The van der Waals surface area contributed by atoms with E-state index in [1.165, 1.54) is 0 Å². The molecule has 1 aliphatic carbocycles. The van der Waals surface area contributed by atoms with E-state index in [0.717, 1.165) is 12.1 Å². The molecule has 78 valence electrons. The molecule has 0 bridgehead atoms. The van der Waals surface area contributed by atoms with Gasteiger partial charge in [0.2, 0.25) is 0 Å². The van der Waals surface area contributed by atoms with Gasteiger partial charge in [-0.25, -0.2) is 4.79 Å². The number of amides is 2. The Kier molecular flexibility index (Phi) is 1.71. The minimum atomic E-state index is -0.416. The van der Waals surface area contributed by atoms with E-state index in [0.29, 0.717) is 12.5 Å². The molecule has 0 aromatic heterocycles. The Morgan fingerprint density at radius 1 is 1.64 bits per heavy atom. The van der Waals surface area contributed by atoms with Crippen LogP contribution >= 0.6 is 0 Å². The lowest BCUT2D eigenvalue weighted by Gasteiger charge is -2.29. The first-order chi connectivity index (χ1) is 6.42. The number of rotatable bonds is 2. The Hall–Kier alpha value is -1.03. The second-order valence-electron chi connectivity index (χ2n) is 4.98. The maximum atomic E-state index is 11.2. The van der Waals surface area contributed by atoms with Crippen LogP contribution in [0.25, 0.3) is 0 Å². The summed E-state index contributed by atoms with van der Waals surface area (Å²) in [5, 5.41) is 5.60. The lowest BCUT2D eigenvalue weighted by molar-refractivity contribution is 0.241. The molecule has 1 aliphatic heterocycles. The fourth-order valence-electron chi connectivity index (χ4n) is 2.48. The predicted molar refractivity (Wildman–Crippen MR) is 54.5 cm³/mol. The first-order valence-corrected chi connectivity index (χ1v) is 4.91. The smallest absolute Gasteiger partial charge is 0.319 e. The van der Waals surface area contributed by atoms with Crippen LogP contribution < -0.4 is 16.4 Å². The fraction of sp³-hybridized carbons (Fsp3) is 0.700. The number of carbonyl (C=O) groups excluding carboxylic acids is 1. The van der Waals surface area contributed by atoms with Gasteiger partial charge in [-0.15, -0.1) is 0 Å². The van der Waals surface area contributed by atoms with Crippen molar-refractivity contribution in [3.05, 3.63) is 12.3 Å². The minimum absolute atomic E-state index is 0.178. The highest BCUT2D eigenvalue weighted by Gasteiger charge is 2.61. The first-order valence-electron chi connectivity index (χ1n) is 4.91. The Balaban J connectivity index is 2.27. The van der Waals surface area contributed by atoms with Crippen molar-refractivity contribution in [3.63, 3.8) is 0 Å². The molecule has 0 aromatic rings. The van der Waals surface area contributed by atoms with Crippen molar-refractivity contribution >= 4 is 6.03 Å². The normalized spacial score (nSPS) is 39.2. The van der Waals surface area contributed by atoms with Gasteiger partial charge in [0.15, 0.2) is 0 Å². The maximum Gasteiger partial charge on any atom is 0.319 e. The van der Waals surface area contributed by atoms with Crippen molar-refractivity contribution in [1.82, 2.24) is 10.6 Å². The standard InChI is InChI=1S/C10H17N3O/c1-6-10(5-11,13-8(14)12-6)7-4-9(7,2)3/h7H,1,4-5,11H2,2-3H3,(H2,12,13,14). The minimum Gasteiger partial charge on any atom is -0.328 e. The van der Waals surface area contributed by atoms with Crippen LogP contribution in [0.1, 0.15) is 20.3 Å². The van der Waals surface area contributed by atoms with Gasteiger partial charge < -0.3 is 16.4 Å². The van der Waals surface area contributed by atoms with E-state index in [1.54, 1.807) is 0 Å². The number of nitrogens with one attached hydrogen (secondary N) is 2. The summed E-state index contributed by atoms with van der Waals surface area (Å²) in [7, 11) is 0. The molecular weight excluding hydrogens is 178 g/mol. The van der Waals surface area contributed by atoms with E-state index < -0.39 is 5.54 Å². The quantitative estimate of drug-likeness (QED) is 0.602. The van der Waals surface area contributed by atoms with Gasteiger partial charge in [-0.1, -0.05) is 20.4 Å². The molecule has 4 N–H and O–H groups in total. The largest absolute Gasteiger partial charge is 0.328 e. The lowest BCUT2D eigenvalue weighted by atomic mass is 9.87. The molecule has 4 heteroatoms. The summed E-state index contributed by atoms with van der Waals surface area (Å²) in [5.41, 5.74) is 6.34. The molecule has 2 fully saturated rings. The van der Waals surface area contributed by atoms with Gasteiger partial charge in [0.05, 0.1) is 5.54 Å². The Bertz CT molecular complexity index is 310. The third-order valence-electron chi connectivity index (χ3n) is 3.57. The highest BCUT2D eigenvalue weighted by atomic mass is 16.2. The summed E-state index contributed by atoms with van der Waals surface area (Å²) in [5.74, 6) is 0.409. The number of hydrogen-bond donors (Lipinski definition) is 3. The maximum absolute atomic E-state index is 11.2. The molecule has 2 aliphatic rings. The van der Waals surface area contributed by atoms with E-state index in [4.69, 9.17) is 5.73 Å². The van der Waals surface area contributed by atoms with E-state index in [1.807, 2.05) is 0 Å². The van der Waals surface area contributed by atoms with Crippen LogP contribution in [0.15, 0.2) is 12.3 Å². The van der Waals surface area contributed by atoms with Crippen LogP contribution in [-0.4, -0.2) is 18.1 Å². The third-order valence-corrected chi connectivity index (χ3v) is 3.57. The van der Waals surface area contributed by atoms with Crippen LogP contribution in [0, 0.1) is 11.3 Å². The zero-order chi connectivity index (χ0) is 10.6. The van der Waals surface area contributed by atoms with Gasteiger partial charge in [-0.2, -0.15) is 0 Å². The van der Waals surface area contributed by atoms with E-state index in [-0.39, 0.29) is 11.4 Å². The predicted octanol–water partition coefficient (Wildman–Crippen LogP) is 0.556. The molecule has 0 aromatic carbocycles. The van der Waals surface area contributed by atoms with Crippen molar-refractivity contribution in [1.29, 1.82) is 0 Å². The summed E-state index contributed by atoms with van der Waals surface area (Å²) in [6.45, 7) is 8.67. The van der Waals surface area contributed by atoms with Crippen LogP contribution in [-0.2, 0) is 0 Å². The molecule has 1 saturated heterocycles. The van der Waals surface area contributed by atoms with Crippen LogP contribution in [0.3, 0.4) is 0 Å². The summed E-state index contributed by atoms with van der Waals surface area (Å²) in [6.07, 6.45) is 1.09. The first kappa shape index (κ1) is 9.52. The molecule has 2 rings (SSSR count). The van der Waals surface area contributed by atoms with Gasteiger partial charge in [0.1, 0.15) is 0 Å². The Labute approximate surface area is 83.9 Å². The van der Waals surface area contributed by atoms with Crippen molar-refractivity contribution in [2.75, 3.05) is 6.54 Å². The molecule has 2 unspecified atom stereocenters. The second kappa shape index (κ2) is 2.51. The zero-order valence-electron chi connectivity index (χ0n) is 8.68. The second-order valence-corrected chi connectivity index (χ2v) is 4.98. The van der Waals surface area contributed by atoms with Crippen LogP contribution in [0.2, 0.25) is 0 Å². The summed E-state index contributed by atoms with van der Waals surface area (Å²) < 4.78 is 0. The summed E-state index contributed by atoms with van der Waals surface area (Å²) in [6, 6.07) is -0.178. The number of nitrogens with two attached hydrogens (primary N) is 1. The molecule has 2 atom stereocenters. The van der Waals surface area contributed by atoms with Gasteiger partial charge >= 0.3 is 6.03 Å². The van der Waals surface area contributed by atoms with Crippen molar-refractivity contribution in [2.45, 2.75) is 25.8 Å². The zero-order valence-corrected chi connectivity index (χ0v) is 8.68. The van der Waals surface area contributed by atoms with E-state index in [9.17, 15) is 4.79 Å². The fourth-order valence-corrected chi connectivity index (χ4v) is 2.48. The van der Waals surface area contributed by atoms with Crippen LogP contribution in [0.4, 0.5) is 4.79 Å². The SMILES string of the molecule is C=C1NC(=O)NC1(CN)C1CC1(C)C. The summed E-state index contributed by atoms with van der Waals surface area (Å²) >= 11 is 0. The van der Waals surface area contributed by atoms with Crippen molar-refractivity contribution < 1.29 is 4.79 Å². The van der Waals surface area contributed by atoms with E-state index in [2.05, 4.69) is 31.1 Å². The van der Waals surface area contributed by atoms with Crippen molar-refractivity contribution in [2.24, 2.45) is 17.1 Å². The highest BCUT2D eigenvalue weighted by molar-refractivity contribution is 5.82. The molecule has 0 radical (unpaired) electrons.